The summed E-state index contributed by atoms with van der Waals surface area (Å²) in [4.78, 5) is 49.2. The van der Waals surface area contributed by atoms with Crippen molar-refractivity contribution in [2.75, 3.05) is 19.6 Å². The third-order valence-electron chi connectivity index (χ3n) is 5.61. The second-order valence-corrected chi connectivity index (χ2v) is 8.91. The number of hydrogen-bond acceptors (Lipinski definition) is 4. The highest BCUT2D eigenvalue weighted by Crippen LogP contribution is 2.25. The molecule has 1 aliphatic rings. The van der Waals surface area contributed by atoms with Crippen LogP contribution in [0.4, 0.5) is 0 Å². The van der Waals surface area contributed by atoms with Crippen LogP contribution in [0.5, 0.6) is 0 Å². The highest BCUT2D eigenvalue weighted by Gasteiger charge is 2.24. The molecule has 0 aliphatic carbocycles. The molecule has 184 valence electrons. The van der Waals surface area contributed by atoms with Crippen LogP contribution >= 0.6 is 23.2 Å². The molecule has 0 spiro atoms. The summed E-state index contributed by atoms with van der Waals surface area (Å²) in [5.74, 6) is -2.21. The maximum Gasteiger partial charge on any atom is 0.326 e. The quantitative estimate of drug-likeness (QED) is 0.497. The number of nitrogens with zero attached hydrogens (tertiary/aromatic N) is 1. The standard InChI is InChI=1S/C25H25Cl2N3O5/c1-15(31)28-14-22(32)30-11-9-18(10-12-30)17-7-5-16(6-8-17)13-21(25(34)35)29-24(33)23-19(26)3-2-4-20(23)27/h2-9,21H,10-14H2,1H3,(H,28,31)(H,29,33)(H,34,35)/t21-/m0/s1. The lowest BCUT2D eigenvalue weighted by molar-refractivity contribution is -0.139. The molecule has 3 N–H and O–H groups in total. The van der Waals surface area contributed by atoms with Gasteiger partial charge in [-0.3, -0.25) is 14.4 Å². The Kier molecular flexibility index (Phi) is 8.89. The van der Waals surface area contributed by atoms with E-state index >= 15 is 0 Å². The van der Waals surface area contributed by atoms with Gasteiger partial charge in [0.1, 0.15) is 6.04 Å². The average molecular weight is 518 g/mol. The average Bonchev–Trinajstić information content (AvgIpc) is 2.82. The van der Waals surface area contributed by atoms with Crippen LogP contribution in [0.25, 0.3) is 5.57 Å². The van der Waals surface area contributed by atoms with Gasteiger partial charge in [0.2, 0.25) is 11.8 Å². The normalized spacial score (nSPS) is 14.0. The fourth-order valence-corrected chi connectivity index (χ4v) is 4.27. The largest absolute Gasteiger partial charge is 0.480 e. The van der Waals surface area contributed by atoms with Gasteiger partial charge in [-0.2, -0.15) is 0 Å². The smallest absolute Gasteiger partial charge is 0.326 e. The molecule has 3 amide bonds. The zero-order valence-corrected chi connectivity index (χ0v) is 20.5. The van der Waals surface area contributed by atoms with Crippen LogP contribution in [0, 0.1) is 0 Å². The van der Waals surface area contributed by atoms with E-state index in [0.717, 1.165) is 16.7 Å². The first-order valence-electron chi connectivity index (χ1n) is 10.9. The minimum absolute atomic E-state index is 0.0167. The SMILES string of the molecule is CC(=O)NCC(=O)N1CC=C(c2ccc(C[C@H](NC(=O)c3c(Cl)cccc3Cl)C(=O)O)cc2)CC1. The number of benzene rings is 2. The number of halogens is 2. The van der Waals surface area contributed by atoms with E-state index in [0.29, 0.717) is 19.5 Å². The highest BCUT2D eigenvalue weighted by molar-refractivity contribution is 6.39. The van der Waals surface area contributed by atoms with Crippen molar-refractivity contribution in [1.29, 1.82) is 0 Å². The van der Waals surface area contributed by atoms with Gasteiger partial charge in [0.15, 0.2) is 0 Å². The lowest BCUT2D eigenvalue weighted by Gasteiger charge is -2.27. The molecule has 0 fully saturated rings. The summed E-state index contributed by atoms with van der Waals surface area (Å²) in [5, 5.41) is 14.9. The first kappa shape index (κ1) is 26.2. The third kappa shape index (κ3) is 7.07. The molecule has 10 heteroatoms. The second-order valence-electron chi connectivity index (χ2n) is 8.09. The summed E-state index contributed by atoms with van der Waals surface area (Å²) in [6, 6.07) is 10.9. The van der Waals surface area contributed by atoms with Crippen molar-refractivity contribution in [2.24, 2.45) is 0 Å². The van der Waals surface area contributed by atoms with Crippen molar-refractivity contribution in [3.8, 4) is 0 Å². The number of carboxylic acid groups (broad SMARTS) is 1. The van der Waals surface area contributed by atoms with Gasteiger partial charge in [0.05, 0.1) is 22.2 Å². The monoisotopic (exact) mass is 517 g/mol. The summed E-state index contributed by atoms with van der Waals surface area (Å²) in [5.41, 5.74) is 2.82. The Morgan fingerprint density at radius 1 is 1.06 bits per heavy atom. The summed E-state index contributed by atoms with van der Waals surface area (Å²) in [7, 11) is 0. The van der Waals surface area contributed by atoms with Crippen molar-refractivity contribution in [3.63, 3.8) is 0 Å². The Balaban J connectivity index is 1.62. The van der Waals surface area contributed by atoms with Gasteiger partial charge in [-0.1, -0.05) is 59.6 Å². The molecule has 0 aromatic heterocycles. The van der Waals surface area contributed by atoms with Crippen molar-refractivity contribution < 1.29 is 24.3 Å². The van der Waals surface area contributed by atoms with Gasteiger partial charge in [0, 0.05) is 26.4 Å². The van der Waals surface area contributed by atoms with Crippen LogP contribution in [-0.2, 0) is 20.8 Å². The van der Waals surface area contributed by atoms with Crippen LogP contribution in [0.3, 0.4) is 0 Å². The van der Waals surface area contributed by atoms with Crippen molar-refractivity contribution >= 4 is 52.5 Å². The van der Waals surface area contributed by atoms with Gasteiger partial charge in [-0.15, -0.1) is 0 Å². The minimum atomic E-state index is -1.18. The van der Waals surface area contributed by atoms with Crippen molar-refractivity contribution in [3.05, 3.63) is 75.3 Å². The van der Waals surface area contributed by atoms with E-state index in [1.807, 2.05) is 30.3 Å². The molecule has 1 aliphatic heterocycles. The molecule has 2 aromatic carbocycles. The number of aliphatic carboxylic acids is 1. The molecular formula is C25H25Cl2N3O5. The number of amides is 3. The third-order valence-corrected chi connectivity index (χ3v) is 6.24. The van der Waals surface area contributed by atoms with Crippen LogP contribution in [0.15, 0.2) is 48.5 Å². The molecule has 1 atom stereocenters. The Labute approximate surface area is 212 Å². The molecule has 8 nitrogen and oxygen atoms in total. The molecule has 3 rings (SSSR count). The zero-order chi connectivity index (χ0) is 25.5. The molecule has 0 bridgehead atoms. The van der Waals surface area contributed by atoms with E-state index in [1.165, 1.54) is 19.1 Å². The number of rotatable bonds is 8. The Hall–Kier alpha value is -3.36. The molecule has 0 unspecified atom stereocenters. The number of hydrogen-bond donors (Lipinski definition) is 3. The maximum atomic E-state index is 12.6. The summed E-state index contributed by atoms with van der Waals surface area (Å²) < 4.78 is 0. The Morgan fingerprint density at radius 2 is 1.71 bits per heavy atom. The van der Waals surface area contributed by atoms with Gasteiger partial charge in [0.25, 0.3) is 5.91 Å². The van der Waals surface area contributed by atoms with E-state index in [1.54, 1.807) is 11.0 Å². The number of carbonyl (C=O) groups excluding carboxylic acids is 3. The molecule has 0 saturated carbocycles. The van der Waals surface area contributed by atoms with E-state index < -0.39 is 17.9 Å². The predicted molar refractivity (Wildman–Crippen MR) is 133 cm³/mol. The summed E-state index contributed by atoms with van der Waals surface area (Å²) in [6.45, 7) is 2.35. The van der Waals surface area contributed by atoms with Crippen LogP contribution in [0.2, 0.25) is 10.0 Å². The number of carboxylic acids is 1. The van der Waals surface area contributed by atoms with Gasteiger partial charge < -0.3 is 20.6 Å². The lowest BCUT2D eigenvalue weighted by atomic mass is 9.96. The van der Waals surface area contributed by atoms with E-state index in [4.69, 9.17) is 23.2 Å². The van der Waals surface area contributed by atoms with E-state index in [-0.39, 0.29) is 40.4 Å². The van der Waals surface area contributed by atoms with Gasteiger partial charge >= 0.3 is 5.97 Å². The summed E-state index contributed by atoms with van der Waals surface area (Å²) in [6.07, 6.45) is 2.71. The fraction of sp³-hybridized carbons (Fsp3) is 0.280. The Bertz CT molecular complexity index is 1140. The first-order chi connectivity index (χ1) is 16.7. The summed E-state index contributed by atoms with van der Waals surface area (Å²) >= 11 is 12.1. The van der Waals surface area contributed by atoms with E-state index in [9.17, 15) is 24.3 Å². The van der Waals surface area contributed by atoms with Crippen molar-refractivity contribution in [1.82, 2.24) is 15.5 Å². The highest BCUT2D eigenvalue weighted by atomic mass is 35.5. The molecule has 2 aromatic rings. The Morgan fingerprint density at radius 3 is 2.26 bits per heavy atom. The number of nitrogens with one attached hydrogen (secondary N) is 2. The number of carbonyl (C=O) groups is 4. The maximum absolute atomic E-state index is 12.6. The lowest BCUT2D eigenvalue weighted by Crippen LogP contribution is -2.42. The molecule has 1 heterocycles. The van der Waals surface area contributed by atoms with Crippen molar-refractivity contribution in [2.45, 2.75) is 25.8 Å². The second kappa shape index (κ2) is 11.9. The van der Waals surface area contributed by atoms with Crippen LogP contribution in [-0.4, -0.2) is 59.4 Å². The van der Waals surface area contributed by atoms with Gasteiger partial charge in [-0.25, -0.2) is 4.79 Å². The molecule has 0 radical (unpaired) electrons. The molecular weight excluding hydrogens is 493 g/mol. The minimum Gasteiger partial charge on any atom is -0.480 e. The topological polar surface area (TPSA) is 116 Å². The van der Waals surface area contributed by atoms with Gasteiger partial charge in [-0.05, 0) is 35.3 Å². The predicted octanol–water partition coefficient (Wildman–Crippen LogP) is 3.17. The molecule has 0 saturated heterocycles. The first-order valence-corrected chi connectivity index (χ1v) is 11.7. The zero-order valence-electron chi connectivity index (χ0n) is 19.0. The van der Waals surface area contributed by atoms with Crippen LogP contribution in [0.1, 0.15) is 34.8 Å². The van der Waals surface area contributed by atoms with Crippen LogP contribution < -0.4 is 10.6 Å². The van der Waals surface area contributed by atoms with E-state index in [2.05, 4.69) is 10.6 Å². The molecule has 35 heavy (non-hydrogen) atoms. The fourth-order valence-electron chi connectivity index (χ4n) is 3.71.